The molecule has 2 atom stereocenters. The molecule has 1 unspecified atom stereocenters. The molecule has 1 aliphatic heterocycles. The Morgan fingerprint density at radius 3 is 2.76 bits per heavy atom. The average molecular weight is 509 g/mol. The molecule has 5 rings (SSSR count). The van der Waals surface area contributed by atoms with E-state index in [1.54, 1.807) is 19.1 Å². The zero-order valence-electron chi connectivity index (χ0n) is 21.2. The van der Waals surface area contributed by atoms with Crippen molar-refractivity contribution in [2.75, 3.05) is 12.3 Å². The second-order valence-electron chi connectivity index (χ2n) is 9.21. The molecule has 2 aromatic carbocycles. The molecule has 0 radical (unpaired) electrons. The predicted molar refractivity (Wildman–Crippen MR) is 140 cm³/mol. The molecule has 4 N–H and O–H groups in total. The third kappa shape index (κ3) is 6.44. The summed E-state index contributed by atoms with van der Waals surface area (Å²) in [5.74, 6) is -0.0556. The minimum atomic E-state index is -0.397. The molecule has 2 amide bonds. The Bertz CT molecular complexity index is 1330. The SMILES string of the molecule is CCC1CCCCN1C(=O)CCC(=O)N[C@@H](C)c1nc2c(F)cccc2[nH]1.Nc1nc2ccccc2o1. The third-order valence-electron chi connectivity index (χ3n) is 6.56. The number of piperidine rings is 1. The van der Waals surface area contributed by atoms with Crippen LogP contribution in [0.15, 0.2) is 46.9 Å². The van der Waals surface area contributed by atoms with Crippen molar-refractivity contribution in [1.82, 2.24) is 25.2 Å². The van der Waals surface area contributed by atoms with Crippen molar-refractivity contribution in [3.8, 4) is 0 Å². The Hall–Kier alpha value is -3.95. The molecule has 0 spiro atoms. The zero-order valence-corrected chi connectivity index (χ0v) is 21.2. The summed E-state index contributed by atoms with van der Waals surface area (Å²) < 4.78 is 18.8. The largest absolute Gasteiger partial charge is 0.424 e. The van der Waals surface area contributed by atoms with E-state index in [0.29, 0.717) is 17.4 Å². The lowest BCUT2D eigenvalue weighted by Gasteiger charge is -2.35. The number of H-pyrrole nitrogens is 1. The lowest BCUT2D eigenvalue weighted by Crippen LogP contribution is -2.43. The Morgan fingerprint density at radius 1 is 1.19 bits per heavy atom. The summed E-state index contributed by atoms with van der Waals surface area (Å²) >= 11 is 0. The van der Waals surface area contributed by atoms with Crippen LogP contribution in [0, 0.1) is 5.82 Å². The van der Waals surface area contributed by atoms with Crippen LogP contribution in [0.2, 0.25) is 0 Å². The number of halogens is 1. The predicted octanol–water partition coefficient (Wildman–Crippen LogP) is 4.86. The molecule has 1 saturated heterocycles. The van der Waals surface area contributed by atoms with Crippen LogP contribution < -0.4 is 11.1 Å². The number of amides is 2. The van der Waals surface area contributed by atoms with Crippen LogP contribution in [-0.4, -0.2) is 44.3 Å². The highest BCUT2D eigenvalue weighted by molar-refractivity contribution is 5.84. The first-order valence-electron chi connectivity index (χ1n) is 12.7. The number of nitrogen functional groups attached to an aromatic ring is 1. The summed E-state index contributed by atoms with van der Waals surface area (Å²) in [5.41, 5.74) is 7.71. The van der Waals surface area contributed by atoms with E-state index < -0.39 is 11.9 Å². The fourth-order valence-corrected chi connectivity index (χ4v) is 4.61. The van der Waals surface area contributed by atoms with Gasteiger partial charge in [-0.1, -0.05) is 25.1 Å². The number of nitrogens with two attached hydrogens (primary N) is 1. The number of nitrogens with one attached hydrogen (secondary N) is 2. The highest BCUT2D eigenvalue weighted by atomic mass is 19.1. The number of aromatic amines is 1. The molecule has 2 aromatic heterocycles. The summed E-state index contributed by atoms with van der Waals surface area (Å²) in [6, 6.07) is 12.3. The van der Waals surface area contributed by atoms with Gasteiger partial charge in [0.25, 0.3) is 6.01 Å². The fraction of sp³-hybridized carbons (Fsp3) is 0.407. The minimum Gasteiger partial charge on any atom is -0.424 e. The lowest BCUT2D eigenvalue weighted by molar-refractivity contribution is -0.137. The summed E-state index contributed by atoms with van der Waals surface area (Å²) in [4.78, 5) is 37.8. The molecule has 196 valence electrons. The van der Waals surface area contributed by atoms with Gasteiger partial charge in [-0.05, 0) is 56.9 Å². The Morgan fingerprint density at radius 2 is 2.00 bits per heavy atom. The zero-order chi connectivity index (χ0) is 26.4. The maximum atomic E-state index is 13.8. The molecule has 37 heavy (non-hydrogen) atoms. The van der Waals surface area contributed by atoms with Crippen LogP contribution in [0.1, 0.15) is 64.2 Å². The second-order valence-corrected chi connectivity index (χ2v) is 9.21. The molecule has 10 heteroatoms. The molecule has 0 bridgehead atoms. The number of carbonyl (C=O) groups is 2. The molecule has 3 heterocycles. The summed E-state index contributed by atoms with van der Waals surface area (Å²) in [6.45, 7) is 4.67. The van der Waals surface area contributed by atoms with E-state index in [1.165, 1.54) is 12.5 Å². The van der Waals surface area contributed by atoms with Gasteiger partial charge in [-0.15, -0.1) is 0 Å². The number of benzene rings is 2. The van der Waals surface area contributed by atoms with Crippen LogP contribution in [-0.2, 0) is 9.59 Å². The van der Waals surface area contributed by atoms with Crippen LogP contribution in [0.4, 0.5) is 10.4 Å². The number of anilines is 1. The third-order valence-corrected chi connectivity index (χ3v) is 6.56. The number of carbonyl (C=O) groups excluding carboxylic acids is 2. The second kappa shape index (κ2) is 11.9. The van der Waals surface area contributed by atoms with Gasteiger partial charge < -0.3 is 25.4 Å². The van der Waals surface area contributed by atoms with Gasteiger partial charge in [0.15, 0.2) is 11.4 Å². The van der Waals surface area contributed by atoms with Crippen LogP contribution in [0.5, 0.6) is 0 Å². The number of oxazole rings is 1. The molecular formula is C27H33FN6O3. The molecule has 9 nitrogen and oxygen atoms in total. The number of rotatable bonds is 6. The number of aromatic nitrogens is 3. The van der Waals surface area contributed by atoms with Crippen molar-refractivity contribution in [3.63, 3.8) is 0 Å². The molecule has 1 fully saturated rings. The van der Waals surface area contributed by atoms with Crippen LogP contribution >= 0.6 is 0 Å². The Balaban J connectivity index is 0.000000265. The van der Waals surface area contributed by atoms with Crippen molar-refractivity contribution >= 4 is 40.0 Å². The number of hydrogen-bond acceptors (Lipinski definition) is 6. The minimum absolute atomic E-state index is 0.0511. The van der Waals surface area contributed by atoms with E-state index in [4.69, 9.17) is 10.2 Å². The van der Waals surface area contributed by atoms with Gasteiger partial charge in [0.05, 0.1) is 11.6 Å². The van der Waals surface area contributed by atoms with Gasteiger partial charge in [0, 0.05) is 25.4 Å². The highest BCUT2D eigenvalue weighted by Crippen LogP contribution is 2.21. The number of likely N-dealkylation sites (tertiary alicyclic amines) is 1. The maximum absolute atomic E-state index is 13.8. The standard InChI is InChI=1S/C20H27FN4O2.C7H6N2O/c1-3-14-7-4-5-12-25(14)18(27)11-10-17(26)22-13(2)20-23-16-9-6-8-15(21)19(16)24-20;8-7-9-5-3-1-2-4-6(5)10-7/h6,8-9,13-14H,3-5,7,10-12H2,1-2H3,(H,22,26)(H,23,24);1-4H,(H2,8,9)/t13-,14?;/m0./s1. The Labute approximate surface area is 214 Å². The normalized spacial score (nSPS) is 16.3. The molecule has 4 aromatic rings. The van der Waals surface area contributed by atoms with Gasteiger partial charge >= 0.3 is 0 Å². The van der Waals surface area contributed by atoms with Crippen LogP contribution in [0.25, 0.3) is 22.1 Å². The summed E-state index contributed by atoms with van der Waals surface area (Å²) in [5, 5.41) is 2.83. The van der Waals surface area contributed by atoms with E-state index >= 15 is 0 Å². The van der Waals surface area contributed by atoms with Crippen molar-refractivity contribution in [1.29, 1.82) is 0 Å². The van der Waals surface area contributed by atoms with Gasteiger partial charge in [-0.25, -0.2) is 9.37 Å². The number of nitrogens with zero attached hydrogens (tertiary/aromatic N) is 3. The smallest absolute Gasteiger partial charge is 0.292 e. The topological polar surface area (TPSA) is 130 Å². The summed E-state index contributed by atoms with van der Waals surface area (Å²) in [6.07, 6.45) is 4.56. The van der Waals surface area contributed by atoms with Gasteiger partial charge in [-0.2, -0.15) is 4.98 Å². The Kier molecular flexibility index (Phi) is 8.37. The molecule has 0 saturated carbocycles. The lowest BCUT2D eigenvalue weighted by atomic mass is 9.99. The quantitative estimate of drug-likeness (QED) is 0.341. The van der Waals surface area contributed by atoms with E-state index in [9.17, 15) is 14.0 Å². The number of imidazole rings is 1. The molecule has 1 aliphatic rings. The number of para-hydroxylation sites is 3. The van der Waals surface area contributed by atoms with Gasteiger partial charge in [0.1, 0.15) is 16.9 Å². The molecular weight excluding hydrogens is 475 g/mol. The van der Waals surface area contributed by atoms with E-state index in [1.807, 2.05) is 29.2 Å². The first-order chi connectivity index (χ1) is 17.9. The van der Waals surface area contributed by atoms with E-state index in [2.05, 4.69) is 27.2 Å². The van der Waals surface area contributed by atoms with Gasteiger partial charge in [-0.3, -0.25) is 9.59 Å². The van der Waals surface area contributed by atoms with E-state index in [-0.39, 0.29) is 36.2 Å². The number of fused-ring (bicyclic) bond motifs is 2. The van der Waals surface area contributed by atoms with Crippen molar-refractivity contribution in [2.45, 2.75) is 64.5 Å². The maximum Gasteiger partial charge on any atom is 0.292 e. The monoisotopic (exact) mass is 508 g/mol. The first kappa shape index (κ1) is 26.1. The molecule has 0 aliphatic carbocycles. The first-order valence-corrected chi connectivity index (χ1v) is 12.7. The van der Waals surface area contributed by atoms with Crippen molar-refractivity contribution in [2.24, 2.45) is 0 Å². The average Bonchev–Trinajstić information content (AvgIpc) is 3.51. The fourth-order valence-electron chi connectivity index (χ4n) is 4.61. The number of hydrogen-bond donors (Lipinski definition) is 3. The van der Waals surface area contributed by atoms with Gasteiger partial charge in [0.2, 0.25) is 11.8 Å². The van der Waals surface area contributed by atoms with E-state index in [0.717, 1.165) is 36.9 Å². The summed E-state index contributed by atoms with van der Waals surface area (Å²) in [7, 11) is 0. The van der Waals surface area contributed by atoms with Crippen molar-refractivity contribution in [3.05, 3.63) is 54.1 Å². The van der Waals surface area contributed by atoms with Crippen molar-refractivity contribution < 1.29 is 18.4 Å². The van der Waals surface area contributed by atoms with Crippen LogP contribution in [0.3, 0.4) is 0 Å². The highest BCUT2D eigenvalue weighted by Gasteiger charge is 2.25.